The molecule has 2 aliphatic heterocycles. The van der Waals surface area contributed by atoms with Crippen molar-refractivity contribution in [2.24, 2.45) is 0 Å². The zero-order valence-electron chi connectivity index (χ0n) is 14.8. The molecule has 0 spiro atoms. The largest absolute Gasteiger partial charge is 0.361 e. The van der Waals surface area contributed by atoms with Crippen LogP contribution in [0.2, 0.25) is 0 Å². The molecule has 0 aromatic carbocycles. The number of aryl methyl sites for hydroxylation is 1. The Kier molecular flexibility index (Phi) is 6.04. The monoisotopic (exact) mass is 349 g/mol. The van der Waals surface area contributed by atoms with Crippen LogP contribution in [0.5, 0.6) is 0 Å². The summed E-state index contributed by atoms with van der Waals surface area (Å²) in [6, 6.07) is 1.57. The number of piperazine rings is 1. The molecule has 138 valence electrons. The van der Waals surface area contributed by atoms with Gasteiger partial charge in [0, 0.05) is 45.3 Å². The Morgan fingerprint density at radius 2 is 2.08 bits per heavy atom. The van der Waals surface area contributed by atoms with Crippen LogP contribution in [-0.4, -0.2) is 72.1 Å². The minimum absolute atomic E-state index is 0.0569. The van der Waals surface area contributed by atoms with E-state index in [1.165, 1.54) is 0 Å². The Morgan fingerprint density at radius 3 is 2.80 bits per heavy atom. The second-order valence-electron chi connectivity index (χ2n) is 6.89. The van der Waals surface area contributed by atoms with Gasteiger partial charge in [0.05, 0.1) is 12.2 Å². The van der Waals surface area contributed by atoms with Crippen LogP contribution in [0.4, 0.5) is 0 Å². The maximum absolute atomic E-state index is 12.2. The number of carbonyl (C=O) groups is 2. The molecule has 0 saturated carbocycles. The van der Waals surface area contributed by atoms with Crippen LogP contribution in [0, 0.1) is 6.92 Å². The normalized spacial score (nSPS) is 23.1. The van der Waals surface area contributed by atoms with Crippen molar-refractivity contribution in [1.29, 1.82) is 0 Å². The molecular weight excluding hydrogens is 322 g/mol. The zero-order valence-corrected chi connectivity index (χ0v) is 14.8. The maximum Gasteiger partial charge on any atom is 0.242 e. The zero-order chi connectivity index (χ0) is 17.6. The van der Waals surface area contributed by atoms with Crippen molar-refractivity contribution in [2.45, 2.75) is 38.8 Å². The Balaban J connectivity index is 1.39. The molecule has 25 heavy (non-hydrogen) atoms. The molecule has 2 aliphatic rings. The first-order chi connectivity index (χ1) is 12.1. The van der Waals surface area contributed by atoms with Gasteiger partial charge in [-0.2, -0.15) is 0 Å². The number of amides is 2. The summed E-state index contributed by atoms with van der Waals surface area (Å²) in [5.41, 5.74) is 0.947. The summed E-state index contributed by atoms with van der Waals surface area (Å²) >= 11 is 0. The minimum atomic E-state index is -0.383. The third-order valence-electron chi connectivity index (χ3n) is 4.77. The number of nitrogens with zero attached hydrogens (tertiary/aromatic N) is 3. The Morgan fingerprint density at radius 1 is 1.32 bits per heavy atom. The van der Waals surface area contributed by atoms with Crippen molar-refractivity contribution in [3.63, 3.8) is 0 Å². The smallest absolute Gasteiger partial charge is 0.242 e. The SMILES string of the molecule is Cc1cc(CN2CCN(CC(=O)N[C@@H]3CCCCNC3=O)CC2)no1. The fourth-order valence-corrected chi connectivity index (χ4v) is 3.35. The number of hydrogen-bond acceptors (Lipinski definition) is 6. The molecule has 2 amide bonds. The molecule has 2 saturated heterocycles. The molecule has 1 aromatic heterocycles. The molecule has 0 bridgehead atoms. The maximum atomic E-state index is 12.2. The van der Waals surface area contributed by atoms with Gasteiger partial charge in [-0.3, -0.25) is 19.4 Å². The van der Waals surface area contributed by atoms with Crippen molar-refractivity contribution in [3.8, 4) is 0 Å². The van der Waals surface area contributed by atoms with Gasteiger partial charge in [0.1, 0.15) is 11.8 Å². The molecule has 8 heteroatoms. The third kappa shape index (κ3) is 5.27. The van der Waals surface area contributed by atoms with E-state index in [9.17, 15) is 9.59 Å². The lowest BCUT2D eigenvalue weighted by Crippen LogP contribution is -2.52. The standard InChI is InChI=1S/C17H27N5O3/c1-13-10-14(20-25-13)11-21-6-8-22(9-7-21)12-16(23)19-15-4-2-3-5-18-17(15)24/h10,15H,2-9,11-12H2,1H3,(H,18,24)(H,19,23)/t15-/m1/s1. The van der Waals surface area contributed by atoms with Crippen molar-refractivity contribution in [1.82, 2.24) is 25.6 Å². The highest BCUT2D eigenvalue weighted by molar-refractivity contribution is 5.88. The van der Waals surface area contributed by atoms with E-state index in [-0.39, 0.29) is 17.9 Å². The molecule has 8 nitrogen and oxygen atoms in total. The van der Waals surface area contributed by atoms with Crippen molar-refractivity contribution in [2.75, 3.05) is 39.3 Å². The molecule has 2 fully saturated rings. The molecular formula is C17H27N5O3. The second kappa shape index (κ2) is 8.44. The van der Waals surface area contributed by atoms with E-state index >= 15 is 0 Å². The quantitative estimate of drug-likeness (QED) is 0.771. The Hall–Kier alpha value is -1.93. The molecule has 0 radical (unpaired) electrons. The van der Waals surface area contributed by atoms with E-state index in [4.69, 9.17) is 4.52 Å². The summed E-state index contributed by atoms with van der Waals surface area (Å²) in [6.45, 7) is 7.18. The van der Waals surface area contributed by atoms with Gasteiger partial charge in [-0.25, -0.2) is 0 Å². The van der Waals surface area contributed by atoms with E-state index in [1.807, 2.05) is 13.0 Å². The van der Waals surface area contributed by atoms with Crippen LogP contribution in [0.1, 0.15) is 30.7 Å². The van der Waals surface area contributed by atoms with Crippen LogP contribution in [0.3, 0.4) is 0 Å². The average Bonchev–Trinajstić information content (AvgIpc) is 2.89. The van der Waals surface area contributed by atoms with Crippen molar-refractivity contribution in [3.05, 3.63) is 17.5 Å². The van der Waals surface area contributed by atoms with Gasteiger partial charge in [-0.05, 0) is 26.2 Å². The first kappa shape index (κ1) is 17.9. The predicted octanol–water partition coefficient (Wildman–Crippen LogP) is -0.114. The average molecular weight is 349 g/mol. The van der Waals surface area contributed by atoms with Crippen LogP contribution in [0.15, 0.2) is 10.6 Å². The summed E-state index contributed by atoms with van der Waals surface area (Å²) < 4.78 is 5.10. The summed E-state index contributed by atoms with van der Waals surface area (Å²) in [6.07, 6.45) is 2.66. The van der Waals surface area contributed by atoms with Gasteiger partial charge in [-0.1, -0.05) is 5.16 Å². The third-order valence-corrected chi connectivity index (χ3v) is 4.77. The topological polar surface area (TPSA) is 90.7 Å². The second-order valence-corrected chi connectivity index (χ2v) is 6.89. The summed E-state index contributed by atoms with van der Waals surface area (Å²) in [5, 5.41) is 9.75. The highest BCUT2D eigenvalue weighted by Gasteiger charge is 2.24. The van der Waals surface area contributed by atoms with Crippen LogP contribution in [-0.2, 0) is 16.1 Å². The molecule has 3 rings (SSSR count). The molecule has 2 N–H and O–H groups in total. The minimum Gasteiger partial charge on any atom is -0.361 e. The van der Waals surface area contributed by atoms with Crippen LogP contribution >= 0.6 is 0 Å². The number of hydrogen-bond donors (Lipinski definition) is 2. The van der Waals surface area contributed by atoms with Gasteiger partial charge in [0.2, 0.25) is 11.8 Å². The van der Waals surface area contributed by atoms with E-state index in [2.05, 4.69) is 25.6 Å². The van der Waals surface area contributed by atoms with Crippen molar-refractivity contribution >= 4 is 11.8 Å². The number of nitrogens with one attached hydrogen (secondary N) is 2. The van der Waals surface area contributed by atoms with Gasteiger partial charge >= 0.3 is 0 Å². The molecule has 3 heterocycles. The van der Waals surface area contributed by atoms with Crippen molar-refractivity contribution < 1.29 is 14.1 Å². The fourth-order valence-electron chi connectivity index (χ4n) is 3.35. The van der Waals surface area contributed by atoms with E-state index in [0.29, 0.717) is 13.1 Å². The van der Waals surface area contributed by atoms with Gasteiger partial charge < -0.3 is 15.2 Å². The van der Waals surface area contributed by atoms with E-state index in [0.717, 1.165) is 63.4 Å². The highest BCUT2D eigenvalue weighted by atomic mass is 16.5. The Labute approximate surface area is 147 Å². The Bertz CT molecular complexity index is 595. The number of aromatic nitrogens is 1. The molecule has 1 atom stereocenters. The highest BCUT2D eigenvalue weighted by Crippen LogP contribution is 2.09. The lowest BCUT2D eigenvalue weighted by molar-refractivity contribution is -0.129. The fraction of sp³-hybridized carbons (Fsp3) is 0.706. The van der Waals surface area contributed by atoms with Crippen LogP contribution in [0.25, 0.3) is 0 Å². The summed E-state index contributed by atoms with van der Waals surface area (Å²) in [7, 11) is 0. The number of rotatable bonds is 5. The summed E-state index contributed by atoms with van der Waals surface area (Å²) in [4.78, 5) is 28.6. The van der Waals surface area contributed by atoms with Gasteiger partial charge in [0.15, 0.2) is 0 Å². The molecule has 1 aromatic rings. The predicted molar refractivity (Wildman–Crippen MR) is 91.7 cm³/mol. The summed E-state index contributed by atoms with van der Waals surface area (Å²) in [5.74, 6) is 0.703. The lowest BCUT2D eigenvalue weighted by Gasteiger charge is -2.34. The van der Waals surface area contributed by atoms with Crippen LogP contribution < -0.4 is 10.6 Å². The lowest BCUT2D eigenvalue weighted by atomic mass is 10.1. The number of carbonyl (C=O) groups excluding carboxylic acids is 2. The molecule has 0 unspecified atom stereocenters. The van der Waals surface area contributed by atoms with E-state index < -0.39 is 0 Å². The van der Waals surface area contributed by atoms with Gasteiger partial charge in [-0.15, -0.1) is 0 Å². The van der Waals surface area contributed by atoms with E-state index in [1.54, 1.807) is 0 Å². The first-order valence-electron chi connectivity index (χ1n) is 9.04. The molecule has 0 aliphatic carbocycles. The van der Waals surface area contributed by atoms with Gasteiger partial charge in [0.25, 0.3) is 0 Å². The first-order valence-corrected chi connectivity index (χ1v) is 9.04.